The highest BCUT2D eigenvalue weighted by molar-refractivity contribution is 6.06. The van der Waals surface area contributed by atoms with Crippen molar-refractivity contribution in [3.8, 4) is 22.5 Å². The topological polar surface area (TPSA) is 59.3 Å². The number of amides is 1. The standard InChI is InChI=1S/C27H20F2N4O/c1-16-8-12-19(13-9-16)30-27(34)22-15-18(11-10-17(22)2)20-6-4-14-33-25(20)31-32-26(33)21-5-3-7-23(28)24(21)29/h3-15H,1-2H3,(H,30,34). The van der Waals surface area contributed by atoms with Gasteiger partial charge in [0, 0.05) is 23.0 Å². The van der Waals surface area contributed by atoms with Gasteiger partial charge in [0.05, 0.1) is 5.56 Å². The van der Waals surface area contributed by atoms with E-state index >= 15 is 0 Å². The fraction of sp³-hybridized carbons (Fsp3) is 0.0741. The largest absolute Gasteiger partial charge is 0.322 e. The minimum Gasteiger partial charge on any atom is -0.322 e. The van der Waals surface area contributed by atoms with E-state index in [4.69, 9.17) is 0 Å². The van der Waals surface area contributed by atoms with Gasteiger partial charge in [-0.1, -0.05) is 35.9 Å². The predicted octanol–water partition coefficient (Wildman–Crippen LogP) is 6.21. The smallest absolute Gasteiger partial charge is 0.255 e. The third kappa shape index (κ3) is 3.81. The molecule has 0 spiro atoms. The predicted molar refractivity (Wildman–Crippen MR) is 128 cm³/mol. The van der Waals surface area contributed by atoms with E-state index in [-0.39, 0.29) is 17.3 Å². The van der Waals surface area contributed by atoms with Crippen LogP contribution in [0.15, 0.2) is 79.0 Å². The van der Waals surface area contributed by atoms with Crippen molar-refractivity contribution in [2.45, 2.75) is 13.8 Å². The molecule has 0 aliphatic rings. The first-order valence-corrected chi connectivity index (χ1v) is 10.7. The Morgan fingerprint density at radius 1 is 0.882 bits per heavy atom. The Morgan fingerprint density at radius 3 is 2.44 bits per heavy atom. The molecule has 0 atom stereocenters. The maximum atomic E-state index is 14.4. The van der Waals surface area contributed by atoms with Crippen LogP contribution in [-0.4, -0.2) is 20.5 Å². The second-order valence-electron chi connectivity index (χ2n) is 8.09. The molecule has 0 unspecified atom stereocenters. The van der Waals surface area contributed by atoms with E-state index in [1.807, 2.05) is 56.3 Å². The van der Waals surface area contributed by atoms with Gasteiger partial charge in [-0.15, -0.1) is 10.2 Å². The molecule has 0 fully saturated rings. The highest BCUT2D eigenvalue weighted by atomic mass is 19.2. The Hall–Kier alpha value is -4.39. The lowest BCUT2D eigenvalue weighted by Crippen LogP contribution is -2.13. The number of hydrogen-bond donors (Lipinski definition) is 1. The van der Waals surface area contributed by atoms with Gasteiger partial charge in [0.2, 0.25) is 0 Å². The van der Waals surface area contributed by atoms with Gasteiger partial charge in [-0.3, -0.25) is 9.20 Å². The zero-order chi connectivity index (χ0) is 23.8. The van der Waals surface area contributed by atoms with Crippen molar-refractivity contribution in [3.05, 3.63) is 107 Å². The molecule has 0 radical (unpaired) electrons. The number of anilines is 1. The molecule has 1 N–H and O–H groups in total. The van der Waals surface area contributed by atoms with E-state index in [1.54, 1.807) is 22.7 Å². The number of carbonyl (C=O) groups excluding carboxylic acids is 1. The first kappa shape index (κ1) is 21.5. The molecule has 2 aromatic heterocycles. The number of fused-ring (bicyclic) bond motifs is 1. The minimum absolute atomic E-state index is 0.0201. The molecular weight excluding hydrogens is 434 g/mol. The summed E-state index contributed by atoms with van der Waals surface area (Å²) in [6.45, 7) is 3.86. The Bertz CT molecular complexity index is 1540. The maximum absolute atomic E-state index is 14.4. The summed E-state index contributed by atoms with van der Waals surface area (Å²) in [5.74, 6) is -1.96. The van der Waals surface area contributed by atoms with Crippen molar-refractivity contribution in [3.63, 3.8) is 0 Å². The summed E-state index contributed by atoms with van der Waals surface area (Å²) in [7, 11) is 0. The molecule has 5 aromatic rings. The Kier molecular flexibility index (Phi) is 5.37. The molecule has 5 rings (SSSR count). The lowest BCUT2D eigenvalue weighted by molar-refractivity contribution is 0.102. The lowest BCUT2D eigenvalue weighted by atomic mass is 9.99. The molecule has 1 amide bonds. The number of aromatic nitrogens is 3. The highest BCUT2D eigenvalue weighted by Gasteiger charge is 2.18. The van der Waals surface area contributed by atoms with Crippen molar-refractivity contribution in [1.82, 2.24) is 14.6 Å². The second kappa shape index (κ2) is 8.51. The summed E-state index contributed by atoms with van der Waals surface area (Å²) in [5.41, 5.74) is 5.12. The van der Waals surface area contributed by atoms with Crippen LogP contribution in [-0.2, 0) is 0 Å². The van der Waals surface area contributed by atoms with Crippen LogP contribution in [0.3, 0.4) is 0 Å². The Morgan fingerprint density at radius 2 is 1.65 bits per heavy atom. The van der Waals surface area contributed by atoms with E-state index in [9.17, 15) is 13.6 Å². The first-order chi connectivity index (χ1) is 16.4. The van der Waals surface area contributed by atoms with Crippen LogP contribution in [0, 0.1) is 25.5 Å². The molecule has 0 saturated heterocycles. The van der Waals surface area contributed by atoms with E-state index in [0.717, 1.165) is 22.8 Å². The van der Waals surface area contributed by atoms with Crippen molar-refractivity contribution in [2.75, 3.05) is 5.32 Å². The number of rotatable bonds is 4. The third-order valence-corrected chi connectivity index (χ3v) is 5.73. The van der Waals surface area contributed by atoms with Gasteiger partial charge in [-0.2, -0.15) is 0 Å². The van der Waals surface area contributed by atoms with Crippen LogP contribution >= 0.6 is 0 Å². The van der Waals surface area contributed by atoms with Gasteiger partial charge in [-0.25, -0.2) is 8.78 Å². The highest BCUT2D eigenvalue weighted by Crippen LogP contribution is 2.30. The van der Waals surface area contributed by atoms with Crippen molar-refractivity contribution >= 4 is 17.2 Å². The van der Waals surface area contributed by atoms with Crippen LogP contribution in [0.25, 0.3) is 28.2 Å². The van der Waals surface area contributed by atoms with Gasteiger partial charge in [-0.05, 0) is 67.4 Å². The van der Waals surface area contributed by atoms with E-state index in [0.29, 0.717) is 22.5 Å². The van der Waals surface area contributed by atoms with Gasteiger partial charge in [0.1, 0.15) is 0 Å². The van der Waals surface area contributed by atoms with E-state index in [1.165, 1.54) is 12.1 Å². The minimum atomic E-state index is -0.979. The van der Waals surface area contributed by atoms with Crippen molar-refractivity contribution in [1.29, 1.82) is 0 Å². The molecule has 0 saturated carbocycles. The molecule has 168 valence electrons. The molecule has 2 heterocycles. The summed E-state index contributed by atoms with van der Waals surface area (Å²) in [6, 6.07) is 20.7. The maximum Gasteiger partial charge on any atom is 0.255 e. The fourth-order valence-corrected chi connectivity index (χ4v) is 3.87. The lowest BCUT2D eigenvalue weighted by Gasteiger charge is -2.11. The summed E-state index contributed by atoms with van der Waals surface area (Å²) < 4.78 is 29.8. The molecule has 5 nitrogen and oxygen atoms in total. The number of nitrogens with zero attached hydrogens (tertiary/aromatic N) is 3. The number of carbonyl (C=O) groups is 1. The van der Waals surface area contributed by atoms with Gasteiger partial charge >= 0.3 is 0 Å². The second-order valence-corrected chi connectivity index (χ2v) is 8.09. The molecule has 0 bridgehead atoms. The van der Waals surface area contributed by atoms with Crippen LogP contribution in [0.5, 0.6) is 0 Å². The van der Waals surface area contributed by atoms with E-state index in [2.05, 4.69) is 15.5 Å². The number of benzene rings is 3. The molecular formula is C27H20F2N4O. The quantitative estimate of drug-likeness (QED) is 0.351. The normalized spacial score (nSPS) is 11.1. The Balaban J connectivity index is 1.55. The third-order valence-electron chi connectivity index (χ3n) is 5.73. The molecule has 0 aliphatic heterocycles. The van der Waals surface area contributed by atoms with Gasteiger partial charge in [0.25, 0.3) is 5.91 Å². The molecule has 0 aliphatic carbocycles. The van der Waals surface area contributed by atoms with Crippen LogP contribution < -0.4 is 5.32 Å². The average molecular weight is 454 g/mol. The zero-order valence-corrected chi connectivity index (χ0v) is 18.5. The van der Waals surface area contributed by atoms with Crippen molar-refractivity contribution < 1.29 is 13.6 Å². The number of pyridine rings is 1. The van der Waals surface area contributed by atoms with Gasteiger partial charge < -0.3 is 5.32 Å². The number of halogens is 2. The number of aryl methyl sites for hydroxylation is 2. The number of hydrogen-bond acceptors (Lipinski definition) is 3. The summed E-state index contributed by atoms with van der Waals surface area (Å²) in [4.78, 5) is 13.0. The summed E-state index contributed by atoms with van der Waals surface area (Å²) in [6.07, 6.45) is 1.69. The molecule has 3 aromatic carbocycles. The summed E-state index contributed by atoms with van der Waals surface area (Å²) >= 11 is 0. The SMILES string of the molecule is Cc1ccc(NC(=O)c2cc(-c3cccn4c(-c5cccc(F)c5F)nnc34)ccc2C)cc1. The van der Waals surface area contributed by atoms with Crippen LogP contribution in [0.2, 0.25) is 0 Å². The monoisotopic (exact) mass is 454 g/mol. The average Bonchev–Trinajstić information content (AvgIpc) is 3.27. The van der Waals surface area contributed by atoms with Crippen LogP contribution in [0.1, 0.15) is 21.5 Å². The Labute approximate surface area is 194 Å². The zero-order valence-electron chi connectivity index (χ0n) is 18.5. The van der Waals surface area contributed by atoms with Gasteiger partial charge in [0.15, 0.2) is 23.1 Å². The van der Waals surface area contributed by atoms with Crippen molar-refractivity contribution in [2.24, 2.45) is 0 Å². The van der Waals surface area contributed by atoms with E-state index < -0.39 is 11.6 Å². The number of nitrogens with one attached hydrogen (secondary N) is 1. The first-order valence-electron chi connectivity index (χ1n) is 10.7. The fourth-order valence-electron chi connectivity index (χ4n) is 3.87. The van der Waals surface area contributed by atoms with Crippen LogP contribution in [0.4, 0.5) is 14.5 Å². The molecule has 34 heavy (non-hydrogen) atoms. The summed E-state index contributed by atoms with van der Waals surface area (Å²) in [5, 5.41) is 11.3. The molecule has 7 heteroatoms.